The highest BCUT2D eigenvalue weighted by Gasteiger charge is 2.11. The van der Waals surface area contributed by atoms with Gasteiger partial charge in [0.2, 0.25) is 5.91 Å². The maximum Gasteiger partial charge on any atom is 0.228 e. The van der Waals surface area contributed by atoms with Crippen LogP contribution in [0.5, 0.6) is 11.5 Å². The van der Waals surface area contributed by atoms with Crippen LogP contribution in [-0.2, 0) is 11.2 Å². The maximum absolute atomic E-state index is 12.4. The normalized spacial score (nSPS) is 10.3. The van der Waals surface area contributed by atoms with Gasteiger partial charge in [0.05, 0.1) is 32.0 Å². The molecular weight excluding hydrogens is 320 g/mol. The molecule has 3 rings (SSSR count). The summed E-state index contributed by atoms with van der Waals surface area (Å²) in [6, 6.07) is 12.8. The molecule has 0 aliphatic rings. The van der Waals surface area contributed by atoms with E-state index in [1.54, 1.807) is 37.4 Å². The second-order valence-corrected chi connectivity index (χ2v) is 5.27. The third-order valence-electron chi connectivity index (χ3n) is 3.66. The minimum Gasteiger partial charge on any atom is -0.493 e. The van der Waals surface area contributed by atoms with Gasteiger partial charge in [0.15, 0.2) is 11.5 Å². The molecular formula is C18H18N4O3. The number of hydrogen-bond donors (Lipinski definition) is 1. The monoisotopic (exact) mass is 338 g/mol. The van der Waals surface area contributed by atoms with Gasteiger partial charge in [0.25, 0.3) is 0 Å². The molecule has 0 radical (unpaired) electrons. The van der Waals surface area contributed by atoms with Crippen molar-refractivity contribution in [1.29, 1.82) is 0 Å². The Hall–Kier alpha value is -3.35. The van der Waals surface area contributed by atoms with Gasteiger partial charge in [0.1, 0.15) is 12.7 Å². The second-order valence-electron chi connectivity index (χ2n) is 5.27. The summed E-state index contributed by atoms with van der Waals surface area (Å²) in [5.41, 5.74) is 2.24. The summed E-state index contributed by atoms with van der Waals surface area (Å²) in [4.78, 5) is 16.4. The number of ether oxygens (including phenoxy) is 2. The molecule has 2 aromatic carbocycles. The zero-order valence-corrected chi connectivity index (χ0v) is 14.0. The van der Waals surface area contributed by atoms with Crippen LogP contribution in [0.4, 0.5) is 5.69 Å². The highest BCUT2D eigenvalue weighted by molar-refractivity contribution is 5.94. The first-order chi connectivity index (χ1) is 12.2. The summed E-state index contributed by atoms with van der Waals surface area (Å²) < 4.78 is 12.1. The fourth-order valence-electron chi connectivity index (χ4n) is 2.48. The molecule has 0 atom stereocenters. The fraction of sp³-hybridized carbons (Fsp3) is 0.167. The van der Waals surface area contributed by atoms with Crippen LogP contribution in [0.3, 0.4) is 0 Å². The van der Waals surface area contributed by atoms with Crippen LogP contribution < -0.4 is 14.8 Å². The average Bonchev–Trinajstić information content (AvgIpc) is 3.16. The van der Waals surface area contributed by atoms with E-state index in [-0.39, 0.29) is 12.3 Å². The molecule has 0 unspecified atom stereocenters. The van der Waals surface area contributed by atoms with Crippen LogP contribution in [0.25, 0.3) is 5.69 Å². The van der Waals surface area contributed by atoms with Crippen molar-refractivity contribution in [3.63, 3.8) is 0 Å². The Labute approximate surface area is 145 Å². The zero-order chi connectivity index (χ0) is 17.6. The van der Waals surface area contributed by atoms with Crippen molar-refractivity contribution in [3.8, 4) is 17.2 Å². The van der Waals surface area contributed by atoms with Gasteiger partial charge in [-0.3, -0.25) is 4.79 Å². The standard InChI is InChI=1S/C18H18N4O3/c1-24-16-8-7-13(9-17(16)25-2)10-18(23)21-14-5-3-4-6-15(14)22-12-19-11-20-22/h3-9,11-12H,10H2,1-2H3,(H,21,23). The number of nitrogens with zero attached hydrogens (tertiary/aromatic N) is 3. The molecule has 1 heterocycles. The Balaban J connectivity index is 1.76. The molecule has 7 heteroatoms. The summed E-state index contributed by atoms with van der Waals surface area (Å²) in [5.74, 6) is 1.08. The number of methoxy groups -OCH3 is 2. The van der Waals surface area contributed by atoms with Crippen LogP contribution in [0, 0.1) is 0 Å². The first-order valence-corrected chi connectivity index (χ1v) is 7.66. The molecule has 0 bridgehead atoms. The van der Waals surface area contributed by atoms with Gasteiger partial charge >= 0.3 is 0 Å². The molecule has 0 saturated carbocycles. The van der Waals surface area contributed by atoms with Gasteiger partial charge in [-0.15, -0.1) is 0 Å². The Bertz CT molecular complexity index is 863. The first-order valence-electron chi connectivity index (χ1n) is 7.66. The molecule has 3 aromatic rings. The Kier molecular flexibility index (Phi) is 4.94. The van der Waals surface area contributed by atoms with Crippen LogP contribution in [0.1, 0.15) is 5.56 Å². The van der Waals surface area contributed by atoms with Gasteiger partial charge in [-0.25, -0.2) is 9.67 Å². The lowest BCUT2D eigenvalue weighted by atomic mass is 10.1. The van der Waals surface area contributed by atoms with E-state index in [9.17, 15) is 4.79 Å². The molecule has 0 aliphatic carbocycles. The van der Waals surface area contributed by atoms with E-state index in [0.717, 1.165) is 11.3 Å². The molecule has 0 aliphatic heterocycles. The Morgan fingerprint density at radius 3 is 2.64 bits per heavy atom. The lowest BCUT2D eigenvalue weighted by molar-refractivity contribution is -0.115. The molecule has 7 nitrogen and oxygen atoms in total. The van der Waals surface area contributed by atoms with Gasteiger partial charge in [0, 0.05) is 0 Å². The highest BCUT2D eigenvalue weighted by Crippen LogP contribution is 2.28. The van der Waals surface area contributed by atoms with Gasteiger partial charge < -0.3 is 14.8 Å². The summed E-state index contributed by atoms with van der Waals surface area (Å²) in [5, 5.41) is 7.02. The number of aromatic nitrogens is 3. The molecule has 1 aromatic heterocycles. The van der Waals surface area contributed by atoms with Gasteiger partial charge in [-0.2, -0.15) is 5.10 Å². The van der Waals surface area contributed by atoms with Crippen LogP contribution in [0.15, 0.2) is 55.1 Å². The van der Waals surface area contributed by atoms with Crippen molar-refractivity contribution in [3.05, 3.63) is 60.7 Å². The molecule has 0 fully saturated rings. The summed E-state index contributed by atoms with van der Waals surface area (Å²) in [6.07, 6.45) is 3.24. The largest absolute Gasteiger partial charge is 0.493 e. The number of carbonyl (C=O) groups excluding carboxylic acids is 1. The number of benzene rings is 2. The lowest BCUT2D eigenvalue weighted by Crippen LogP contribution is -2.16. The predicted molar refractivity (Wildman–Crippen MR) is 93.2 cm³/mol. The molecule has 1 amide bonds. The zero-order valence-electron chi connectivity index (χ0n) is 14.0. The molecule has 0 saturated heterocycles. The minimum atomic E-state index is -0.139. The van der Waals surface area contributed by atoms with Crippen molar-refractivity contribution >= 4 is 11.6 Å². The van der Waals surface area contributed by atoms with Crippen LogP contribution in [-0.4, -0.2) is 34.9 Å². The minimum absolute atomic E-state index is 0.139. The molecule has 25 heavy (non-hydrogen) atoms. The van der Waals surface area contributed by atoms with E-state index in [2.05, 4.69) is 15.4 Å². The molecule has 1 N–H and O–H groups in total. The first kappa shape index (κ1) is 16.5. The number of rotatable bonds is 6. The maximum atomic E-state index is 12.4. The Morgan fingerprint density at radius 2 is 1.92 bits per heavy atom. The summed E-state index contributed by atoms with van der Waals surface area (Å²) in [6.45, 7) is 0. The number of para-hydroxylation sites is 2. The number of nitrogens with one attached hydrogen (secondary N) is 1. The highest BCUT2D eigenvalue weighted by atomic mass is 16.5. The second kappa shape index (κ2) is 7.48. The molecule has 128 valence electrons. The molecule has 0 spiro atoms. The van der Waals surface area contributed by atoms with Gasteiger partial charge in [-0.05, 0) is 29.8 Å². The smallest absolute Gasteiger partial charge is 0.228 e. The quantitative estimate of drug-likeness (QED) is 0.747. The van der Waals surface area contributed by atoms with Crippen LogP contribution in [0.2, 0.25) is 0 Å². The van der Waals surface area contributed by atoms with Crippen molar-refractivity contribution in [2.24, 2.45) is 0 Å². The number of hydrogen-bond acceptors (Lipinski definition) is 5. The topological polar surface area (TPSA) is 78.3 Å². The number of amides is 1. The third-order valence-corrected chi connectivity index (χ3v) is 3.66. The van der Waals surface area contributed by atoms with E-state index < -0.39 is 0 Å². The lowest BCUT2D eigenvalue weighted by Gasteiger charge is -2.12. The average molecular weight is 338 g/mol. The summed E-state index contributed by atoms with van der Waals surface area (Å²) in [7, 11) is 3.14. The van der Waals surface area contributed by atoms with Crippen molar-refractivity contribution in [1.82, 2.24) is 14.8 Å². The number of anilines is 1. The summed E-state index contributed by atoms with van der Waals surface area (Å²) >= 11 is 0. The fourth-order valence-corrected chi connectivity index (χ4v) is 2.48. The SMILES string of the molecule is COc1ccc(CC(=O)Nc2ccccc2-n2cncn2)cc1OC. The van der Waals surface area contributed by atoms with E-state index >= 15 is 0 Å². The van der Waals surface area contributed by atoms with Gasteiger partial charge in [-0.1, -0.05) is 18.2 Å². The van der Waals surface area contributed by atoms with Crippen molar-refractivity contribution in [2.45, 2.75) is 6.42 Å². The van der Waals surface area contributed by atoms with E-state index in [1.165, 1.54) is 6.33 Å². The van der Waals surface area contributed by atoms with E-state index in [0.29, 0.717) is 17.2 Å². The predicted octanol–water partition coefficient (Wildman–Crippen LogP) is 2.47. The number of carbonyl (C=O) groups is 1. The van der Waals surface area contributed by atoms with Crippen molar-refractivity contribution in [2.75, 3.05) is 19.5 Å². The Morgan fingerprint density at radius 1 is 1.12 bits per heavy atom. The van der Waals surface area contributed by atoms with E-state index in [1.807, 2.05) is 30.3 Å². The van der Waals surface area contributed by atoms with E-state index in [4.69, 9.17) is 9.47 Å². The van der Waals surface area contributed by atoms with Crippen molar-refractivity contribution < 1.29 is 14.3 Å². The van der Waals surface area contributed by atoms with Crippen LogP contribution >= 0.6 is 0 Å². The third kappa shape index (κ3) is 3.77.